The van der Waals surface area contributed by atoms with Gasteiger partial charge in [-0.2, -0.15) is 0 Å². The average Bonchev–Trinajstić information content (AvgIpc) is 3.06. The molecule has 1 aliphatic rings. The van der Waals surface area contributed by atoms with Crippen molar-refractivity contribution in [3.05, 3.63) is 11.0 Å². The van der Waals surface area contributed by atoms with Crippen molar-refractivity contribution in [1.82, 2.24) is 19.5 Å². The molecule has 2 aromatic rings. The van der Waals surface area contributed by atoms with Gasteiger partial charge in [-0.25, -0.2) is 9.97 Å². The van der Waals surface area contributed by atoms with E-state index in [2.05, 4.69) is 23.8 Å². The van der Waals surface area contributed by atoms with Gasteiger partial charge < -0.3 is 49.4 Å². The molecule has 31 heavy (non-hydrogen) atoms. The van der Waals surface area contributed by atoms with Gasteiger partial charge in [0.2, 0.25) is 0 Å². The number of aromatic amines is 1. The normalized spacial score (nSPS) is 25.2. The number of nitrogen functional groups attached to an aromatic ring is 1. The number of aliphatic hydroxyl groups is 2. The van der Waals surface area contributed by atoms with Crippen molar-refractivity contribution in [3.8, 4) is 0 Å². The summed E-state index contributed by atoms with van der Waals surface area (Å²) in [6.07, 6.45) is -4.69. The van der Waals surface area contributed by atoms with Crippen LogP contribution in [0, 0.1) is 4.64 Å². The Morgan fingerprint density at radius 1 is 1.26 bits per heavy atom. The van der Waals surface area contributed by atoms with Crippen molar-refractivity contribution in [3.63, 3.8) is 0 Å². The summed E-state index contributed by atoms with van der Waals surface area (Å²) in [7, 11) is -11.4. The van der Waals surface area contributed by atoms with Crippen LogP contribution in [0.3, 0.4) is 0 Å². The Bertz CT molecular complexity index is 1050. The van der Waals surface area contributed by atoms with E-state index in [-0.39, 0.29) is 110 Å². The number of fused-ring (bicyclic) bond motifs is 1. The average molecular weight is 525 g/mol. The van der Waals surface area contributed by atoms with Crippen molar-refractivity contribution < 1.29 is 136 Å². The van der Waals surface area contributed by atoms with E-state index in [9.17, 15) is 34.0 Å². The Labute approximate surface area is 245 Å². The predicted octanol–water partition coefficient (Wildman–Crippen LogP) is -12.0. The minimum atomic E-state index is -5.86. The first-order valence-electron chi connectivity index (χ1n) is 7.31. The van der Waals surface area contributed by atoms with Crippen LogP contribution in [0.25, 0.3) is 11.2 Å². The van der Waals surface area contributed by atoms with Crippen molar-refractivity contribution >= 4 is 45.0 Å². The maximum atomic E-state index is 11.3. The number of aromatic nitrogens is 4. The van der Waals surface area contributed by atoms with Gasteiger partial charge in [0.1, 0.15) is 29.5 Å². The maximum Gasteiger partial charge on any atom is 1.00 e. The zero-order valence-electron chi connectivity index (χ0n) is 16.5. The zero-order valence-corrected chi connectivity index (χ0v) is 25.1. The summed E-state index contributed by atoms with van der Waals surface area (Å²) in [6, 6.07) is 0. The molecule has 15 nitrogen and oxygen atoms in total. The van der Waals surface area contributed by atoms with Crippen molar-refractivity contribution in [2.24, 2.45) is 0 Å². The SMILES string of the molecule is Nc1nc(=S)c2ncn([C@@H]3O[C@H](COP(=O)([O-])OP(=O)([O-])[O-])[C@@H](O)[C@H]3O)c2[nH]1.[Na+].[Na+].[Na+]. The number of phosphoric acid groups is 2. The fraction of sp³-hybridized carbons (Fsp3) is 0.500. The molecule has 0 aromatic carbocycles. The zero-order chi connectivity index (χ0) is 20.9. The van der Waals surface area contributed by atoms with E-state index >= 15 is 0 Å². The Morgan fingerprint density at radius 3 is 2.45 bits per heavy atom. The molecule has 5 N–H and O–H groups in total. The molecule has 1 saturated heterocycles. The van der Waals surface area contributed by atoms with Crippen LogP contribution in [-0.2, 0) is 22.7 Å². The summed E-state index contributed by atoms with van der Waals surface area (Å²) in [6.45, 7) is -0.943. The molecule has 2 aromatic heterocycles. The smallest absolute Gasteiger partial charge is 0.790 e. The minimum Gasteiger partial charge on any atom is -0.790 e. The number of rotatable bonds is 6. The summed E-state index contributed by atoms with van der Waals surface area (Å²) in [5.74, 6) is -0.0451. The molecule has 5 atom stereocenters. The van der Waals surface area contributed by atoms with Crippen LogP contribution < -0.4 is 109 Å². The topological polar surface area (TPSA) is 244 Å². The fourth-order valence-corrected chi connectivity index (χ4v) is 4.30. The largest absolute Gasteiger partial charge is 1.00 e. The number of nitrogens with zero attached hydrogens (tertiary/aromatic N) is 3. The second-order valence-electron chi connectivity index (χ2n) is 5.59. The van der Waals surface area contributed by atoms with E-state index in [1.165, 1.54) is 10.9 Å². The van der Waals surface area contributed by atoms with Crippen LogP contribution in [0.1, 0.15) is 6.23 Å². The van der Waals surface area contributed by atoms with Gasteiger partial charge in [0, 0.05) is 0 Å². The first-order valence-corrected chi connectivity index (χ1v) is 10.6. The van der Waals surface area contributed by atoms with Crippen LogP contribution in [0.4, 0.5) is 5.95 Å². The van der Waals surface area contributed by atoms with Gasteiger partial charge >= 0.3 is 88.7 Å². The Kier molecular flexibility index (Phi) is 13.3. The van der Waals surface area contributed by atoms with E-state index in [1.807, 2.05) is 0 Å². The number of nitrogens with two attached hydrogens (primary N) is 1. The number of phosphoric ester groups is 1. The fourth-order valence-electron chi connectivity index (χ4n) is 2.55. The number of H-pyrrole nitrogens is 1. The van der Waals surface area contributed by atoms with Gasteiger partial charge in [-0.1, -0.05) is 12.2 Å². The number of nitrogens with one attached hydrogen (secondary N) is 1. The molecule has 1 aliphatic heterocycles. The summed E-state index contributed by atoms with van der Waals surface area (Å²) in [4.78, 5) is 42.6. The molecular weight excluding hydrogens is 513 g/mol. The third-order valence-electron chi connectivity index (χ3n) is 3.67. The maximum absolute atomic E-state index is 11.3. The Balaban J connectivity index is 0.00000300. The summed E-state index contributed by atoms with van der Waals surface area (Å²) >= 11 is 5.02. The quantitative estimate of drug-likeness (QED) is 0.155. The first-order chi connectivity index (χ1) is 12.9. The van der Waals surface area contributed by atoms with E-state index in [0.29, 0.717) is 0 Å². The molecule has 21 heteroatoms. The standard InChI is InChI=1S/C10H15N5O10P2S.3Na/c11-10-13-7-4(8(28)14-10)12-2-15(7)9-6(17)5(16)3(24-9)1-23-27(21,22)25-26(18,19)20;;;/h2-3,5-6,9,16-17H,1H2,(H,21,22)(H2,18,19,20)(H3,11,13,14,28);;;/q;3*+1/p-3/t3-,5-,6-,9-;;;/m1.../s1. The van der Waals surface area contributed by atoms with E-state index < -0.39 is 46.8 Å². The van der Waals surface area contributed by atoms with Crippen LogP contribution in [-0.4, -0.2) is 54.7 Å². The molecule has 0 aliphatic carbocycles. The van der Waals surface area contributed by atoms with Crippen LogP contribution >= 0.6 is 27.9 Å². The molecule has 0 bridgehead atoms. The summed E-state index contributed by atoms with van der Waals surface area (Å²) < 4.78 is 35.9. The van der Waals surface area contributed by atoms with Crippen LogP contribution in [0.2, 0.25) is 0 Å². The molecule has 3 rings (SSSR count). The molecule has 0 saturated carbocycles. The molecule has 156 valence electrons. The molecule has 0 amide bonds. The van der Waals surface area contributed by atoms with Gasteiger partial charge in [0.05, 0.1) is 20.8 Å². The molecule has 1 fully saturated rings. The summed E-state index contributed by atoms with van der Waals surface area (Å²) in [5, 5.41) is 20.3. The van der Waals surface area contributed by atoms with Gasteiger partial charge in [-0.3, -0.25) is 13.4 Å². The third kappa shape index (κ3) is 8.12. The monoisotopic (exact) mass is 525 g/mol. The van der Waals surface area contributed by atoms with Crippen LogP contribution in [0.15, 0.2) is 6.33 Å². The van der Waals surface area contributed by atoms with Crippen LogP contribution in [0.5, 0.6) is 0 Å². The number of anilines is 1. The third-order valence-corrected chi connectivity index (χ3v) is 6.02. The molecular formula is C10H12N5Na3O10P2S. The number of hydrogen-bond donors (Lipinski definition) is 4. The second-order valence-corrected chi connectivity index (χ2v) is 8.68. The van der Waals surface area contributed by atoms with E-state index in [1.54, 1.807) is 0 Å². The van der Waals surface area contributed by atoms with Crippen molar-refractivity contribution in [2.75, 3.05) is 12.3 Å². The molecule has 1 unspecified atom stereocenters. The molecule has 0 radical (unpaired) electrons. The van der Waals surface area contributed by atoms with E-state index in [4.69, 9.17) is 22.7 Å². The first kappa shape index (κ1) is 32.7. The summed E-state index contributed by atoms with van der Waals surface area (Å²) in [5.41, 5.74) is 6.03. The van der Waals surface area contributed by atoms with Gasteiger partial charge in [0.25, 0.3) is 7.82 Å². The number of aliphatic hydroxyl groups excluding tert-OH is 2. The minimum absolute atomic E-state index is 0. The second kappa shape index (κ2) is 12.6. The molecule has 0 spiro atoms. The Hall–Kier alpha value is 1.71. The number of imidazole rings is 1. The van der Waals surface area contributed by atoms with Crippen molar-refractivity contribution in [1.29, 1.82) is 0 Å². The van der Waals surface area contributed by atoms with Crippen molar-refractivity contribution in [2.45, 2.75) is 24.5 Å². The van der Waals surface area contributed by atoms with E-state index in [0.717, 1.165) is 0 Å². The van der Waals surface area contributed by atoms with Gasteiger partial charge in [0.15, 0.2) is 16.8 Å². The number of ether oxygens (including phenoxy) is 1. The van der Waals surface area contributed by atoms with Gasteiger partial charge in [-0.05, 0) is 0 Å². The molecule has 3 heterocycles. The number of hydrogen-bond acceptors (Lipinski definition) is 14. The Morgan fingerprint density at radius 2 is 1.87 bits per heavy atom. The van der Waals surface area contributed by atoms with Gasteiger partial charge in [-0.15, -0.1) is 0 Å². The predicted molar refractivity (Wildman–Crippen MR) is 85.3 cm³/mol.